The SMILES string of the molecule is CCCCCOc1ccc(C)c(CC)c1. The van der Waals surface area contributed by atoms with Crippen LogP contribution in [0.4, 0.5) is 0 Å². The zero-order valence-electron chi connectivity index (χ0n) is 10.2. The first kappa shape index (κ1) is 12.1. The summed E-state index contributed by atoms with van der Waals surface area (Å²) >= 11 is 0. The number of ether oxygens (including phenoxy) is 1. The lowest BCUT2D eigenvalue weighted by atomic mass is 10.1. The first-order chi connectivity index (χ1) is 7.27. The Kier molecular flexibility index (Phi) is 5.23. The van der Waals surface area contributed by atoms with E-state index < -0.39 is 0 Å². The Labute approximate surface area is 93.5 Å². The Morgan fingerprint density at radius 2 is 1.93 bits per heavy atom. The van der Waals surface area contributed by atoms with Crippen LogP contribution in [0, 0.1) is 6.92 Å². The monoisotopic (exact) mass is 206 g/mol. The van der Waals surface area contributed by atoms with Crippen LogP contribution in [0.1, 0.15) is 44.2 Å². The highest BCUT2D eigenvalue weighted by molar-refractivity contribution is 5.34. The molecule has 0 spiro atoms. The van der Waals surface area contributed by atoms with Crippen molar-refractivity contribution in [1.82, 2.24) is 0 Å². The van der Waals surface area contributed by atoms with Gasteiger partial charge in [0.1, 0.15) is 5.75 Å². The first-order valence-electron chi connectivity index (χ1n) is 6.00. The molecule has 1 aromatic carbocycles. The summed E-state index contributed by atoms with van der Waals surface area (Å²) in [5.41, 5.74) is 2.75. The molecule has 1 heteroatoms. The maximum atomic E-state index is 5.71. The summed E-state index contributed by atoms with van der Waals surface area (Å²) in [7, 11) is 0. The lowest BCUT2D eigenvalue weighted by Gasteiger charge is -2.09. The minimum absolute atomic E-state index is 0.847. The van der Waals surface area contributed by atoms with Crippen LogP contribution in [0.5, 0.6) is 5.75 Å². The fourth-order valence-corrected chi connectivity index (χ4v) is 1.66. The Morgan fingerprint density at radius 1 is 1.13 bits per heavy atom. The number of benzene rings is 1. The number of unbranched alkanes of at least 4 members (excludes halogenated alkanes) is 2. The summed E-state index contributed by atoms with van der Waals surface area (Å²) in [6.45, 7) is 7.39. The van der Waals surface area contributed by atoms with Crippen molar-refractivity contribution < 1.29 is 4.74 Å². The van der Waals surface area contributed by atoms with Crippen LogP contribution in [0.15, 0.2) is 18.2 Å². The van der Waals surface area contributed by atoms with Crippen molar-refractivity contribution in [2.24, 2.45) is 0 Å². The minimum atomic E-state index is 0.847. The molecule has 84 valence electrons. The Hall–Kier alpha value is -0.980. The molecule has 0 aliphatic carbocycles. The lowest BCUT2D eigenvalue weighted by molar-refractivity contribution is 0.306. The molecule has 1 nitrogen and oxygen atoms in total. The average Bonchev–Trinajstić information content (AvgIpc) is 2.26. The van der Waals surface area contributed by atoms with Gasteiger partial charge in [-0.1, -0.05) is 32.8 Å². The molecular weight excluding hydrogens is 184 g/mol. The van der Waals surface area contributed by atoms with Crippen LogP contribution in [-0.4, -0.2) is 6.61 Å². The highest BCUT2D eigenvalue weighted by Gasteiger charge is 1.99. The fraction of sp³-hybridized carbons (Fsp3) is 0.571. The Morgan fingerprint density at radius 3 is 2.60 bits per heavy atom. The lowest BCUT2D eigenvalue weighted by Crippen LogP contribution is -1.98. The molecule has 0 saturated heterocycles. The van der Waals surface area contributed by atoms with E-state index in [9.17, 15) is 0 Å². The summed E-state index contributed by atoms with van der Waals surface area (Å²) in [5.74, 6) is 1.02. The van der Waals surface area contributed by atoms with Gasteiger partial charge < -0.3 is 4.74 Å². The number of aryl methyl sites for hydroxylation is 2. The van der Waals surface area contributed by atoms with Crippen molar-refractivity contribution in [2.45, 2.75) is 46.5 Å². The van der Waals surface area contributed by atoms with Gasteiger partial charge in [0.05, 0.1) is 6.61 Å². The molecular formula is C14H22O. The maximum absolute atomic E-state index is 5.71. The summed E-state index contributed by atoms with van der Waals surface area (Å²) in [6, 6.07) is 6.38. The average molecular weight is 206 g/mol. The van der Waals surface area contributed by atoms with Crippen molar-refractivity contribution in [3.05, 3.63) is 29.3 Å². The molecule has 0 unspecified atom stereocenters. The molecule has 0 amide bonds. The van der Waals surface area contributed by atoms with Crippen LogP contribution in [0.3, 0.4) is 0 Å². The minimum Gasteiger partial charge on any atom is -0.494 e. The standard InChI is InChI=1S/C14H22O/c1-4-6-7-10-15-14-9-8-12(3)13(5-2)11-14/h8-9,11H,4-7,10H2,1-3H3. The van der Waals surface area contributed by atoms with Crippen molar-refractivity contribution in [2.75, 3.05) is 6.61 Å². The normalized spacial score (nSPS) is 10.3. The summed E-state index contributed by atoms with van der Waals surface area (Å²) < 4.78 is 5.71. The zero-order chi connectivity index (χ0) is 11.1. The van der Waals surface area contributed by atoms with E-state index in [0.717, 1.165) is 25.2 Å². The van der Waals surface area contributed by atoms with Gasteiger partial charge in [-0.2, -0.15) is 0 Å². The van der Waals surface area contributed by atoms with Gasteiger partial charge in [0.15, 0.2) is 0 Å². The smallest absolute Gasteiger partial charge is 0.119 e. The molecule has 0 bridgehead atoms. The molecule has 0 atom stereocenters. The van der Waals surface area contributed by atoms with E-state index in [1.54, 1.807) is 0 Å². The van der Waals surface area contributed by atoms with E-state index in [2.05, 4.69) is 39.0 Å². The van der Waals surface area contributed by atoms with E-state index in [1.807, 2.05) is 0 Å². The van der Waals surface area contributed by atoms with Gasteiger partial charge >= 0.3 is 0 Å². The second-order valence-electron chi connectivity index (χ2n) is 4.00. The molecule has 15 heavy (non-hydrogen) atoms. The molecule has 0 saturated carbocycles. The van der Waals surface area contributed by atoms with Crippen molar-refractivity contribution in [3.8, 4) is 5.75 Å². The van der Waals surface area contributed by atoms with Crippen LogP contribution < -0.4 is 4.74 Å². The van der Waals surface area contributed by atoms with E-state index in [4.69, 9.17) is 4.74 Å². The van der Waals surface area contributed by atoms with Gasteiger partial charge in [-0.25, -0.2) is 0 Å². The van der Waals surface area contributed by atoms with Crippen LogP contribution in [0.25, 0.3) is 0 Å². The zero-order valence-corrected chi connectivity index (χ0v) is 10.2. The van der Waals surface area contributed by atoms with Gasteiger partial charge in [-0.15, -0.1) is 0 Å². The Balaban J connectivity index is 2.47. The van der Waals surface area contributed by atoms with Crippen LogP contribution in [-0.2, 0) is 6.42 Å². The molecule has 0 fully saturated rings. The van der Waals surface area contributed by atoms with Gasteiger partial charge in [-0.05, 0) is 43.0 Å². The summed E-state index contributed by atoms with van der Waals surface area (Å²) in [4.78, 5) is 0. The first-order valence-corrected chi connectivity index (χ1v) is 6.00. The van der Waals surface area contributed by atoms with Crippen molar-refractivity contribution in [3.63, 3.8) is 0 Å². The largest absolute Gasteiger partial charge is 0.494 e. The van der Waals surface area contributed by atoms with Gasteiger partial charge in [0.2, 0.25) is 0 Å². The highest BCUT2D eigenvalue weighted by Crippen LogP contribution is 2.18. The fourth-order valence-electron chi connectivity index (χ4n) is 1.66. The third-order valence-electron chi connectivity index (χ3n) is 2.72. The van der Waals surface area contributed by atoms with Crippen LogP contribution in [0.2, 0.25) is 0 Å². The van der Waals surface area contributed by atoms with E-state index >= 15 is 0 Å². The molecule has 0 N–H and O–H groups in total. The van der Waals surface area contributed by atoms with E-state index in [1.165, 1.54) is 24.0 Å². The number of hydrogen-bond donors (Lipinski definition) is 0. The van der Waals surface area contributed by atoms with Gasteiger partial charge in [0, 0.05) is 0 Å². The maximum Gasteiger partial charge on any atom is 0.119 e. The summed E-state index contributed by atoms with van der Waals surface area (Å²) in [5, 5.41) is 0. The quantitative estimate of drug-likeness (QED) is 0.636. The molecule has 0 aliphatic rings. The van der Waals surface area contributed by atoms with E-state index in [0.29, 0.717) is 0 Å². The predicted octanol–water partition coefficient (Wildman–Crippen LogP) is 4.13. The molecule has 0 radical (unpaired) electrons. The third-order valence-corrected chi connectivity index (χ3v) is 2.72. The van der Waals surface area contributed by atoms with Gasteiger partial charge in [-0.3, -0.25) is 0 Å². The molecule has 0 aliphatic heterocycles. The number of rotatable bonds is 6. The number of hydrogen-bond acceptors (Lipinski definition) is 1. The van der Waals surface area contributed by atoms with E-state index in [-0.39, 0.29) is 0 Å². The Bertz CT molecular complexity index is 291. The van der Waals surface area contributed by atoms with Crippen LogP contribution >= 0.6 is 0 Å². The second-order valence-corrected chi connectivity index (χ2v) is 4.00. The molecule has 1 rings (SSSR count). The topological polar surface area (TPSA) is 9.23 Å². The highest BCUT2D eigenvalue weighted by atomic mass is 16.5. The molecule has 1 aromatic rings. The second kappa shape index (κ2) is 6.49. The predicted molar refractivity (Wildman–Crippen MR) is 65.6 cm³/mol. The van der Waals surface area contributed by atoms with Crippen molar-refractivity contribution in [1.29, 1.82) is 0 Å². The molecule has 0 heterocycles. The third kappa shape index (κ3) is 3.94. The van der Waals surface area contributed by atoms with Crippen molar-refractivity contribution >= 4 is 0 Å². The summed E-state index contributed by atoms with van der Waals surface area (Å²) in [6.07, 6.45) is 4.74. The molecule has 0 aromatic heterocycles. The van der Waals surface area contributed by atoms with Gasteiger partial charge in [0.25, 0.3) is 0 Å².